The highest BCUT2D eigenvalue weighted by molar-refractivity contribution is 9.10. The molecule has 108 valence electrons. The van der Waals surface area contributed by atoms with Gasteiger partial charge in [0.05, 0.1) is 5.56 Å². The molecule has 0 radical (unpaired) electrons. The number of hydrogen-bond donors (Lipinski definition) is 0. The van der Waals surface area contributed by atoms with Gasteiger partial charge in [-0.1, -0.05) is 17.7 Å². The lowest BCUT2D eigenvalue weighted by atomic mass is 9.99. The lowest BCUT2D eigenvalue weighted by molar-refractivity contribution is 0.0984. The number of carbonyl (C=O) groups is 1. The van der Waals surface area contributed by atoms with E-state index in [2.05, 4.69) is 22.0 Å². The summed E-state index contributed by atoms with van der Waals surface area (Å²) in [5, 5.41) is 0. The summed E-state index contributed by atoms with van der Waals surface area (Å²) in [6.45, 7) is 2.71. The summed E-state index contributed by atoms with van der Waals surface area (Å²) < 4.78 is 14.1. The standard InChI is InChI=1S/C17H15BrFNO/c1-11-4-7-16-12(9-11)3-2-8-20(16)17(21)14-10-13(19)5-6-15(14)18/h4-7,9-10H,2-3,8H2,1H3. The predicted molar refractivity (Wildman–Crippen MR) is 85.3 cm³/mol. The maximum Gasteiger partial charge on any atom is 0.259 e. The third-order valence-electron chi connectivity index (χ3n) is 3.76. The van der Waals surface area contributed by atoms with Crippen molar-refractivity contribution in [3.8, 4) is 0 Å². The van der Waals surface area contributed by atoms with Gasteiger partial charge >= 0.3 is 0 Å². The Bertz CT molecular complexity index is 714. The first-order valence-electron chi connectivity index (χ1n) is 6.93. The number of amides is 1. The van der Waals surface area contributed by atoms with Crippen LogP contribution in [0.25, 0.3) is 0 Å². The number of benzene rings is 2. The molecule has 2 aromatic rings. The molecule has 0 N–H and O–H groups in total. The molecule has 0 aromatic heterocycles. The molecule has 1 heterocycles. The van der Waals surface area contributed by atoms with Crippen molar-refractivity contribution >= 4 is 27.5 Å². The van der Waals surface area contributed by atoms with Crippen LogP contribution >= 0.6 is 15.9 Å². The quantitative estimate of drug-likeness (QED) is 0.744. The van der Waals surface area contributed by atoms with Crippen LogP contribution in [0.1, 0.15) is 27.9 Å². The minimum absolute atomic E-state index is 0.161. The molecular formula is C17H15BrFNO. The van der Waals surface area contributed by atoms with Crippen molar-refractivity contribution in [1.82, 2.24) is 0 Å². The number of rotatable bonds is 1. The Morgan fingerprint density at radius 3 is 2.86 bits per heavy atom. The fraction of sp³-hybridized carbons (Fsp3) is 0.235. The number of carbonyl (C=O) groups excluding carboxylic acids is 1. The molecule has 0 saturated carbocycles. The molecule has 3 rings (SSSR count). The summed E-state index contributed by atoms with van der Waals surface area (Å²) >= 11 is 3.34. The molecule has 1 aliphatic heterocycles. The molecule has 0 unspecified atom stereocenters. The highest BCUT2D eigenvalue weighted by atomic mass is 79.9. The first-order valence-corrected chi connectivity index (χ1v) is 7.72. The van der Waals surface area contributed by atoms with E-state index in [9.17, 15) is 9.18 Å². The normalized spacial score (nSPS) is 14.0. The Kier molecular flexibility index (Phi) is 3.81. The third kappa shape index (κ3) is 2.72. The van der Waals surface area contributed by atoms with Crippen LogP contribution in [0.4, 0.5) is 10.1 Å². The summed E-state index contributed by atoms with van der Waals surface area (Å²) in [5.74, 6) is -0.561. The predicted octanol–water partition coefficient (Wildman–Crippen LogP) is 4.49. The van der Waals surface area contributed by atoms with Crippen LogP contribution in [-0.2, 0) is 6.42 Å². The molecule has 1 amide bonds. The Hall–Kier alpha value is -1.68. The number of anilines is 1. The summed E-state index contributed by atoms with van der Waals surface area (Å²) in [4.78, 5) is 14.5. The number of hydrogen-bond acceptors (Lipinski definition) is 1. The van der Waals surface area contributed by atoms with Gasteiger partial charge in [-0.25, -0.2) is 4.39 Å². The maximum atomic E-state index is 13.4. The molecule has 0 bridgehead atoms. The summed E-state index contributed by atoms with van der Waals surface area (Å²) in [6, 6.07) is 10.3. The molecule has 21 heavy (non-hydrogen) atoms. The van der Waals surface area contributed by atoms with E-state index in [0.717, 1.165) is 18.5 Å². The van der Waals surface area contributed by atoms with E-state index in [1.54, 1.807) is 11.0 Å². The molecule has 0 spiro atoms. The molecule has 2 nitrogen and oxygen atoms in total. The van der Waals surface area contributed by atoms with Gasteiger partial charge in [0, 0.05) is 16.7 Å². The molecule has 0 atom stereocenters. The second-order valence-corrected chi connectivity index (χ2v) is 6.17. The van der Waals surface area contributed by atoms with Crippen LogP contribution in [0.2, 0.25) is 0 Å². The Labute approximate surface area is 131 Å². The average Bonchev–Trinajstić information content (AvgIpc) is 2.48. The van der Waals surface area contributed by atoms with E-state index >= 15 is 0 Å². The van der Waals surface area contributed by atoms with E-state index in [1.807, 2.05) is 19.1 Å². The van der Waals surface area contributed by atoms with Gasteiger partial charge in [0.2, 0.25) is 0 Å². The van der Waals surface area contributed by atoms with Crippen LogP contribution in [0.3, 0.4) is 0 Å². The summed E-state index contributed by atoms with van der Waals surface area (Å²) in [7, 11) is 0. The van der Waals surface area contributed by atoms with Crippen LogP contribution < -0.4 is 4.90 Å². The fourth-order valence-corrected chi connectivity index (χ4v) is 3.16. The number of fused-ring (bicyclic) bond motifs is 1. The smallest absolute Gasteiger partial charge is 0.259 e. The number of aryl methyl sites for hydroxylation is 2. The van der Waals surface area contributed by atoms with Crippen LogP contribution in [0, 0.1) is 12.7 Å². The van der Waals surface area contributed by atoms with Crippen molar-refractivity contribution in [2.24, 2.45) is 0 Å². The molecule has 2 aromatic carbocycles. The van der Waals surface area contributed by atoms with E-state index in [0.29, 0.717) is 16.6 Å². The van der Waals surface area contributed by atoms with Gasteiger partial charge in [0.1, 0.15) is 5.82 Å². The first kappa shape index (κ1) is 14.3. The van der Waals surface area contributed by atoms with Crippen LogP contribution in [-0.4, -0.2) is 12.5 Å². The topological polar surface area (TPSA) is 20.3 Å². The SMILES string of the molecule is Cc1ccc2c(c1)CCCN2C(=O)c1cc(F)ccc1Br. The minimum atomic E-state index is -0.400. The monoisotopic (exact) mass is 347 g/mol. The van der Waals surface area contributed by atoms with Gasteiger partial charge in [-0.05, 0) is 65.5 Å². The molecule has 0 fully saturated rings. The van der Waals surface area contributed by atoms with Gasteiger partial charge in [0.25, 0.3) is 5.91 Å². The van der Waals surface area contributed by atoms with E-state index in [1.165, 1.54) is 23.3 Å². The lowest BCUT2D eigenvalue weighted by Crippen LogP contribution is -2.35. The van der Waals surface area contributed by atoms with Crippen molar-refractivity contribution in [3.63, 3.8) is 0 Å². The molecule has 4 heteroatoms. The number of nitrogens with zero attached hydrogens (tertiary/aromatic N) is 1. The van der Waals surface area contributed by atoms with Crippen LogP contribution in [0.5, 0.6) is 0 Å². The minimum Gasteiger partial charge on any atom is -0.308 e. The highest BCUT2D eigenvalue weighted by Gasteiger charge is 2.25. The van der Waals surface area contributed by atoms with Gasteiger partial charge in [-0.3, -0.25) is 4.79 Å². The van der Waals surface area contributed by atoms with Gasteiger partial charge in [0.15, 0.2) is 0 Å². The van der Waals surface area contributed by atoms with Crippen molar-refractivity contribution < 1.29 is 9.18 Å². The van der Waals surface area contributed by atoms with Crippen molar-refractivity contribution in [2.45, 2.75) is 19.8 Å². The van der Waals surface area contributed by atoms with E-state index < -0.39 is 5.82 Å². The molecular weight excluding hydrogens is 333 g/mol. The fourth-order valence-electron chi connectivity index (χ4n) is 2.74. The number of halogens is 2. The average molecular weight is 348 g/mol. The van der Waals surface area contributed by atoms with Gasteiger partial charge in [-0.15, -0.1) is 0 Å². The summed E-state index contributed by atoms with van der Waals surface area (Å²) in [5.41, 5.74) is 3.67. The van der Waals surface area contributed by atoms with E-state index in [4.69, 9.17) is 0 Å². The second kappa shape index (κ2) is 5.60. The largest absolute Gasteiger partial charge is 0.308 e. The zero-order chi connectivity index (χ0) is 15.0. The zero-order valence-electron chi connectivity index (χ0n) is 11.7. The molecule has 0 aliphatic carbocycles. The summed E-state index contributed by atoms with van der Waals surface area (Å²) in [6.07, 6.45) is 1.90. The third-order valence-corrected chi connectivity index (χ3v) is 4.45. The first-order chi connectivity index (χ1) is 10.1. The Morgan fingerprint density at radius 1 is 1.24 bits per heavy atom. The highest BCUT2D eigenvalue weighted by Crippen LogP contribution is 2.30. The van der Waals surface area contributed by atoms with Crippen molar-refractivity contribution in [1.29, 1.82) is 0 Å². The van der Waals surface area contributed by atoms with Crippen molar-refractivity contribution in [2.75, 3.05) is 11.4 Å². The van der Waals surface area contributed by atoms with E-state index in [-0.39, 0.29) is 5.91 Å². The van der Waals surface area contributed by atoms with Gasteiger partial charge in [-0.2, -0.15) is 0 Å². The molecule has 0 saturated heterocycles. The maximum absolute atomic E-state index is 13.4. The Balaban J connectivity index is 2.02. The van der Waals surface area contributed by atoms with Gasteiger partial charge < -0.3 is 4.90 Å². The van der Waals surface area contributed by atoms with Crippen LogP contribution in [0.15, 0.2) is 40.9 Å². The lowest BCUT2D eigenvalue weighted by Gasteiger charge is -2.30. The van der Waals surface area contributed by atoms with Crippen molar-refractivity contribution in [3.05, 3.63) is 63.4 Å². The zero-order valence-corrected chi connectivity index (χ0v) is 13.3. The molecule has 1 aliphatic rings. The second-order valence-electron chi connectivity index (χ2n) is 5.32. The Morgan fingerprint density at radius 2 is 2.05 bits per heavy atom.